The van der Waals surface area contributed by atoms with Crippen LogP contribution >= 0.6 is 22.9 Å². The number of aromatic nitrogens is 2. The topological polar surface area (TPSA) is 17.8 Å². The van der Waals surface area contributed by atoms with Crippen LogP contribution in [0.15, 0.2) is 35.7 Å². The van der Waals surface area contributed by atoms with Crippen LogP contribution in [-0.2, 0) is 12.3 Å². The number of rotatable bonds is 4. The number of aryl methyl sites for hydroxylation is 1. The van der Waals surface area contributed by atoms with Gasteiger partial charge in [-0.15, -0.1) is 22.9 Å². The van der Waals surface area contributed by atoms with Crippen LogP contribution in [0.25, 0.3) is 11.0 Å². The molecule has 2 nitrogen and oxygen atoms in total. The van der Waals surface area contributed by atoms with Gasteiger partial charge in [0.1, 0.15) is 5.82 Å². The molecule has 2 aromatic heterocycles. The molecule has 3 aromatic rings. The van der Waals surface area contributed by atoms with Crippen molar-refractivity contribution >= 4 is 34.0 Å². The van der Waals surface area contributed by atoms with Gasteiger partial charge in [-0.3, -0.25) is 0 Å². The van der Waals surface area contributed by atoms with E-state index in [1.807, 2.05) is 0 Å². The fourth-order valence-corrected chi connectivity index (χ4v) is 3.76. The first-order valence-corrected chi connectivity index (χ1v) is 8.17. The first kappa shape index (κ1) is 13.7. The Morgan fingerprint density at radius 2 is 2.15 bits per heavy atom. The molecule has 0 fully saturated rings. The minimum absolute atomic E-state index is 0.355. The molecule has 0 radical (unpaired) electrons. The third-order valence-electron chi connectivity index (χ3n) is 3.62. The number of benzene rings is 1. The molecule has 20 heavy (non-hydrogen) atoms. The van der Waals surface area contributed by atoms with Crippen molar-refractivity contribution < 1.29 is 0 Å². The molecule has 0 saturated heterocycles. The fourth-order valence-electron chi connectivity index (χ4n) is 2.75. The summed E-state index contributed by atoms with van der Waals surface area (Å²) in [6.45, 7) is 4.37. The van der Waals surface area contributed by atoms with Crippen molar-refractivity contribution in [3.8, 4) is 0 Å². The molecule has 0 aliphatic rings. The summed E-state index contributed by atoms with van der Waals surface area (Å²) in [6, 6.07) is 10.9. The van der Waals surface area contributed by atoms with E-state index in [0.29, 0.717) is 11.9 Å². The number of fused-ring (bicyclic) bond motifs is 1. The average molecular weight is 305 g/mol. The molecule has 1 atom stereocenters. The Morgan fingerprint density at radius 1 is 1.30 bits per heavy atom. The number of hydrogen-bond donors (Lipinski definition) is 0. The van der Waals surface area contributed by atoms with Gasteiger partial charge in [-0.2, -0.15) is 0 Å². The monoisotopic (exact) mass is 304 g/mol. The second-order valence-electron chi connectivity index (χ2n) is 5.11. The lowest BCUT2D eigenvalue weighted by Gasteiger charge is -2.17. The smallest absolute Gasteiger partial charge is 0.125 e. The van der Waals surface area contributed by atoms with Crippen LogP contribution in [-0.4, -0.2) is 9.55 Å². The summed E-state index contributed by atoms with van der Waals surface area (Å²) in [4.78, 5) is 6.07. The van der Waals surface area contributed by atoms with Crippen molar-refractivity contribution in [2.75, 3.05) is 0 Å². The van der Waals surface area contributed by atoms with Crippen LogP contribution < -0.4 is 0 Å². The normalized spacial score (nSPS) is 12.9. The zero-order chi connectivity index (χ0) is 14.1. The van der Waals surface area contributed by atoms with Gasteiger partial charge in [0.05, 0.1) is 16.9 Å². The third kappa shape index (κ3) is 2.36. The van der Waals surface area contributed by atoms with Crippen LogP contribution in [0.3, 0.4) is 0 Å². The van der Waals surface area contributed by atoms with E-state index >= 15 is 0 Å². The maximum Gasteiger partial charge on any atom is 0.125 e. The highest BCUT2D eigenvalue weighted by Gasteiger charge is 2.17. The first-order chi connectivity index (χ1) is 9.70. The lowest BCUT2D eigenvalue weighted by atomic mass is 10.1. The molecule has 1 aromatic carbocycles. The van der Waals surface area contributed by atoms with Crippen molar-refractivity contribution in [2.45, 2.75) is 32.2 Å². The highest BCUT2D eigenvalue weighted by Crippen LogP contribution is 2.27. The number of imidazole rings is 1. The average Bonchev–Trinajstić information content (AvgIpc) is 3.05. The number of para-hydroxylation sites is 1. The predicted molar refractivity (Wildman–Crippen MR) is 86.8 cm³/mol. The van der Waals surface area contributed by atoms with Gasteiger partial charge in [-0.05, 0) is 36.9 Å². The predicted octanol–water partition coefficient (Wildman–Crippen LogP) is 4.95. The molecule has 0 saturated carbocycles. The molecule has 0 amide bonds. The molecule has 0 N–H and O–H groups in total. The molecule has 0 bridgehead atoms. The molecule has 4 heteroatoms. The van der Waals surface area contributed by atoms with E-state index in [0.717, 1.165) is 17.8 Å². The lowest BCUT2D eigenvalue weighted by molar-refractivity contribution is 0.546. The van der Waals surface area contributed by atoms with E-state index in [9.17, 15) is 0 Å². The van der Waals surface area contributed by atoms with E-state index in [4.69, 9.17) is 11.6 Å². The Balaban J connectivity index is 2.09. The summed E-state index contributed by atoms with van der Waals surface area (Å²) in [7, 11) is 0. The van der Waals surface area contributed by atoms with Gasteiger partial charge in [-0.25, -0.2) is 4.98 Å². The zero-order valence-corrected chi connectivity index (χ0v) is 13.2. The summed E-state index contributed by atoms with van der Waals surface area (Å²) in [5.41, 5.74) is 3.51. The Hall–Kier alpha value is -1.32. The largest absolute Gasteiger partial charge is 0.324 e. The van der Waals surface area contributed by atoms with Gasteiger partial charge < -0.3 is 4.57 Å². The Morgan fingerprint density at radius 3 is 2.85 bits per heavy atom. The van der Waals surface area contributed by atoms with Crippen LogP contribution in [0.4, 0.5) is 0 Å². The highest BCUT2D eigenvalue weighted by molar-refractivity contribution is 7.09. The first-order valence-electron chi connectivity index (χ1n) is 6.75. The molecular weight excluding hydrogens is 288 g/mol. The zero-order valence-electron chi connectivity index (χ0n) is 11.6. The van der Waals surface area contributed by atoms with Gasteiger partial charge in [0, 0.05) is 17.3 Å². The van der Waals surface area contributed by atoms with Gasteiger partial charge in [0.2, 0.25) is 0 Å². The summed E-state index contributed by atoms with van der Waals surface area (Å²) in [6.07, 6.45) is 1.02. The molecular formula is C16H17ClN2S. The minimum atomic E-state index is 0.355. The SMILES string of the molecule is Cc1cccc2nc(CCl)n(C(C)Cc3cccs3)c12. The van der Waals surface area contributed by atoms with Gasteiger partial charge >= 0.3 is 0 Å². The van der Waals surface area contributed by atoms with Gasteiger partial charge in [0.25, 0.3) is 0 Å². The minimum Gasteiger partial charge on any atom is -0.324 e. The second kappa shape index (κ2) is 5.58. The standard InChI is InChI=1S/C16H17ClN2S/c1-11-5-3-7-14-16(11)19(15(10-17)18-14)12(2)9-13-6-4-8-20-13/h3-8,12H,9-10H2,1-2H3. The molecule has 3 rings (SSSR count). The molecule has 2 heterocycles. The molecule has 104 valence electrons. The molecule has 0 spiro atoms. The summed E-state index contributed by atoms with van der Waals surface area (Å²) >= 11 is 7.91. The van der Waals surface area contributed by atoms with Crippen LogP contribution in [0, 0.1) is 6.92 Å². The summed E-state index contributed by atoms with van der Waals surface area (Å²) in [5.74, 6) is 1.41. The van der Waals surface area contributed by atoms with E-state index in [-0.39, 0.29) is 0 Å². The van der Waals surface area contributed by atoms with E-state index in [1.165, 1.54) is 16.0 Å². The number of hydrogen-bond acceptors (Lipinski definition) is 2. The summed E-state index contributed by atoms with van der Waals surface area (Å²) in [5, 5.41) is 2.13. The quantitative estimate of drug-likeness (QED) is 0.624. The Bertz CT molecular complexity index is 715. The number of alkyl halides is 1. The molecule has 0 aliphatic carbocycles. The van der Waals surface area contributed by atoms with E-state index < -0.39 is 0 Å². The van der Waals surface area contributed by atoms with Gasteiger partial charge in [0.15, 0.2) is 0 Å². The summed E-state index contributed by atoms with van der Waals surface area (Å²) < 4.78 is 2.30. The van der Waals surface area contributed by atoms with E-state index in [1.54, 1.807) is 11.3 Å². The third-order valence-corrected chi connectivity index (χ3v) is 4.76. The molecule has 1 unspecified atom stereocenters. The number of nitrogens with zero attached hydrogens (tertiary/aromatic N) is 2. The van der Waals surface area contributed by atoms with E-state index in [2.05, 4.69) is 59.1 Å². The van der Waals surface area contributed by atoms with Crippen molar-refractivity contribution in [2.24, 2.45) is 0 Å². The van der Waals surface area contributed by atoms with Crippen molar-refractivity contribution in [1.29, 1.82) is 0 Å². The highest BCUT2D eigenvalue weighted by atomic mass is 35.5. The lowest BCUT2D eigenvalue weighted by Crippen LogP contribution is -2.11. The fraction of sp³-hybridized carbons (Fsp3) is 0.312. The Kier molecular flexibility index (Phi) is 3.81. The van der Waals surface area contributed by atoms with Crippen LogP contribution in [0.5, 0.6) is 0 Å². The molecule has 0 aliphatic heterocycles. The van der Waals surface area contributed by atoms with Crippen molar-refractivity contribution in [3.05, 3.63) is 52.0 Å². The number of halogens is 1. The van der Waals surface area contributed by atoms with Crippen LogP contribution in [0.2, 0.25) is 0 Å². The maximum absolute atomic E-state index is 6.10. The Labute approximate surface area is 128 Å². The van der Waals surface area contributed by atoms with Crippen LogP contribution in [0.1, 0.15) is 29.2 Å². The van der Waals surface area contributed by atoms with Crippen molar-refractivity contribution in [1.82, 2.24) is 9.55 Å². The maximum atomic E-state index is 6.10. The van der Waals surface area contributed by atoms with Gasteiger partial charge in [-0.1, -0.05) is 18.2 Å². The number of thiophene rings is 1. The van der Waals surface area contributed by atoms with Crippen molar-refractivity contribution in [3.63, 3.8) is 0 Å². The second-order valence-corrected chi connectivity index (χ2v) is 6.41.